The first-order chi connectivity index (χ1) is 17.6. The molecule has 0 radical (unpaired) electrons. The highest BCUT2D eigenvalue weighted by Gasteiger charge is 2.47. The molecule has 14 heteroatoms. The first kappa shape index (κ1) is 34.1. The first-order valence-corrected chi connectivity index (χ1v) is 13.5. The maximum Gasteiger partial charge on any atom is 0.270 e. The average molecular weight is 564 g/mol. The summed E-state index contributed by atoms with van der Waals surface area (Å²) in [6.45, 7) is 6.83. The van der Waals surface area contributed by atoms with Gasteiger partial charge < -0.3 is 49.8 Å². The standard InChI is InChI=1S/C24H40NO12P/c1-14(2)7-5-8-15(3)9-6-10-16(4)11-12-34-17(23(30)31)13-35-38(32,33)37-24-20(28)18(26)19(27)21(36-24)22(25)29/h7,9,11,17-21,24,26-28H,5-6,8,10,12-13H2,1-4H3,(H2,25,29)(H,30,31)(H,32,33)/p-2/b15-9+,16-11-/t17-,18+,19?,20-,21?,24?/m1/s1. The molecule has 1 aliphatic heterocycles. The molecule has 5 N–H and O–H groups in total. The van der Waals surface area contributed by atoms with Crippen LogP contribution >= 0.6 is 7.82 Å². The van der Waals surface area contributed by atoms with Gasteiger partial charge in [-0.3, -0.25) is 13.9 Å². The summed E-state index contributed by atoms with van der Waals surface area (Å²) < 4.78 is 31.1. The smallest absolute Gasteiger partial charge is 0.270 e. The van der Waals surface area contributed by atoms with Crippen molar-refractivity contribution in [2.45, 2.75) is 90.2 Å². The number of hydrogen-bond donors (Lipinski definition) is 4. The molecule has 1 amide bonds. The fourth-order valence-electron chi connectivity index (χ4n) is 3.32. The zero-order valence-electron chi connectivity index (χ0n) is 22.0. The van der Waals surface area contributed by atoms with Crippen LogP contribution in [0.15, 0.2) is 34.9 Å². The molecule has 0 bridgehead atoms. The summed E-state index contributed by atoms with van der Waals surface area (Å²) in [6.07, 6.45) is -2.45. The minimum atomic E-state index is -5.36. The highest BCUT2D eigenvalue weighted by Crippen LogP contribution is 2.42. The number of carbonyl (C=O) groups is 2. The van der Waals surface area contributed by atoms with E-state index >= 15 is 0 Å². The molecule has 1 saturated heterocycles. The lowest BCUT2D eigenvalue weighted by atomic mass is 9.99. The van der Waals surface area contributed by atoms with Crippen LogP contribution in [0.2, 0.25) is 0 Å². The van der Waals surface area contributed by atoms with Gasteiger partial charge in [-0.1, -0.05) is 34.9 Å². The Bertz CT molecular complexity index is 929. The number of nitrogens with two attached hydrogens (primary N) is 1. The van der Waals surface area contributed by atoms with Gasteiger partial charge in [-0.25, -0.2) is 0 Å². The topological polar surface area (TPSA) is 221 Å². The predicted molar refractivity (Wildman–Crippen MR) is 131 cm³/mol. The molecule has 4 unspecified atom stereocenters. The minimum absolute atomic E-state index is 0.157. The number of carbonyl (C=O) groups excluding carboxylic acids is 2. The number of hydrogen-bond acceptors (Lipinski definition) is 12. The summed E-state index contributed by atoms with van der Waals surface area (Å²) in [4.78, 5) is 34.8. The van der Waals surface area contributed by atoms with Gasteiger partial charge in [0.2, 0.25) is 5.91 Å². The van der Waals surface area contributed by atoms with Crippen molar-refractivity contribution < 1.29 is 58.0 Å². The van der Waals surface area contributed by atoms with Crippen LogP contribution in [0, 0.1) is 0 Å². The molecule has 218 valence electrons. The Labute approximate surface area is 222 Å². The molecular weight excluding hydrogens is 525 g/mol. The van der Waals surface area contributed by atoms with Crippen LogP contribution in [0.4, 0.5) is 0 Å². The average Bonchev–Trinajstić information content (AvgIpc) is 2.80. The predicted octanol–water partition coefficient (Wildman–Crippen LogP) is -0.665. The molecule has 1 rings (SSSR count). The molecular formula is C24H38NO12P-2. The van der Waals surface area contributed by atoms with Crippen LogP contribution in [0.1, 0.15) is 53.4 Å². The molecule has 1 aliphatic rings. The SMILES string of the molecule is CC(C)=CCC/C(C)=C/CC/C(C)=C\CO[C@H](COP(=O)([O-])OC1OC(C(N)=O)C(O)[C@H](O)[C@H]1O)C(=O)[O-]. The Kier molecular flexibility index (Phi) is 14.6. The molecule has 0 saturated carbocycles. The number of ether oxygens (including phenoxy) is 2. The normalized spacial score (nSPS) is 26.9. The molecule has 0 spiro atoms. The zero-order valence-corrected chi connectivity index (χ0v) is 22.9. The highest BCUT2D eigenvalue weighted by atomic mass is 31.2. The highest BCUT2D eigenvalue weighted by molar-refractivity contribution is 7.45. The van der Waals surface area contributed by atoms with E-state index in [9.17, 15) is 39.5 Å². The van der Waals surface area contributed by atoms with Crippen LogP contribution in [0.3, 0.4) is 0 Å². The molecule has 1 heterocycles. The number of amides is 1. The summed E-state index contributed by atoms with van der Waals surface area (Å²) in [5.41, 5.74) is 8.49. The van der Waals surface area contributed by atoms with Crippen LogP contribution in [-0.2, 0) is 32.7 Å². The van der Waals surface area contributed by atoms with Crippen molar-refractivity contribution in [2.75, 3.05) is 13.2 Å². The number of carboxylic acid groups (broad SMARTS) is 1. The number of rotatable bonds is 16. The summed E-state index contributed by atoms with van der Waals surface area (Å²) in [5, 5.41) is 40.7. The van der Waals surface area contributed by atoms with Gasteiger partial charge >= 0.3 is 0 Å². The second-order valence-electron chi connectivity index (χ2n) is 9.25. The maximum absolute atomic E-state index is 12.1. The number of allylic oxidation sites excluding steroid dienone is 5. The van der Waals surface area contributed by atoms with E-state index < -0.39 is 63.1 Å². The zero-order chi connectivity index (χ0) is 29.0. The Hall–Kier alpha value is -1.93. The van der Waals surface area contributed by atoms with Gasteiger partial charge in [-0.15, -0.1) is 0 Å². The third-order valence-electron chi connectivity index (χ3n) is 5.58. The maximum atomic E-state index is 12.1. The molecule has 0 aromatic heterocycles. The second-order valence-corrected chi connectivity index (χ2v) is 10.6. The molecule has 0 aromatic rings. The van der Waals surface area contributed by atoms with Gasteiger partial charge in [-0.05, 0) is 53.4 Å². The third kappa shape index (κ3) is 12.3. The monoisotopic (exact) mass is 563 g/mol. The van der Waals surface area contributed by atoms with Crippen LogP contribution in [0.25, 0.3) is 0 Å². The lowest BCUT2D eigenvalue weighted by molar-refractivity contribution is -0.318. The summed E-state index contributed by atoms with van der Waals surface area (Å²) in [5.74, 6) is -3.00. The molecule has 1 fully saturated rings. The van der Waals surface area contributed by atoms with E-state index in [1.165, 1.54) is 11.1 Å². The number of phosphoric acid groups is 1. The largest absolute Gasteiger partial charge is 0.756 e. The van der Waals surface area contributed by atoms with Crippen LogP contribution < -0.4 is 15.7 Å². The number of aliphatic hydroxyl groups excluding tert-OH is 3. The van der Waals surface area contributed by atoms with Gasteiger partial charge in [0.25, 0.3) is 7.82 Å². The van der Waals surface area contributed by atoms with Crippen molar-refractivity contribution in [1.29, 1.82) is 0 Å². The summed E-state index contributed by atoms with van der Waals surface area (Å²) in [6, 6.07) is 0. The Balaban J connectivity index is 2.57. The van der Waals surface area contributed by atoms with E-state index in [1.807, 2.05) is 6.92 Å². The quantitative estimate of drug-likeness (QED) is 0.136. The third-order valence-corrected chi connectivity index (χ3v) is 6.51. The van der Waals surface area contributed by atoms with Gasteiger partial charge in [0.15, 0.2) is 12.4 Å². The fourth-order valence-corrected chi connectivity index (χ4v) is 4.12. The number of aliphatic carboxylic acids is 1. The molecule has 13 nitrogen and oxygen atoms in total. The van der Waals surface area contributed by atoms with E-state index in [1.54, 1.807) is 6.08 Å². The van der Waals surface area contributed by atoms with Crippen molar-refractivity contribution in [3.63, 3.8) is 0 Å². The molecule has 7 atom stereocenters. The Morgan fingerprint density at radius 2 is 1.58 bits per heavy atom. The number of phosphoric ester groups is 1. The molecule has 38 heavy (non-hydrogen) atoms. The fraction of sp³-hybridized carbons (Fsp3) is 0.667. The molecule has 0 aromatic carbocycles. The lowest BCUT2D eigenvalue weighted by Crippen LogP contribution is -2.61. The number of carboxylic acids is 1. The number of aliphatic hydroxyl groups is 3. The van der Waals surface area contributed by atoms with Gasteiger partial charge in [0, 0.05) is 0 Å². The first-order valence-electron chi connectivity index (χ1n) is 12.0. The van der Waals surface area contributed by atoms with E-state index in [0.29, 0.717) is 0 Å². The minimum Gasteiger partial charge on any atom is -0.756 e. The van der Waals surface area contributed by atoms with Gasteiger partial charge in [0.1, 0.15) is 24.4 Å². The van der Waals surface area contributed by atoms with Crippen molar-refractivity contribution in [2.24, 2.45) is 5.73 Å². The Morgan fingerprint density at radius 1 is 1.00 bits per heavy atom. The van der Waals surface area contributed by atoms with Crippen LogP contribution in [-0.4, -0.2) is 77.2 Å². The lowest BCUT2D eigenvalue weighted by Gasteiger charge is -2.40. The number of primary amides is 1. The van der Waals surface area contributed by atoms with E-state index in [0.717, 1.165) is 31.3 Å². The Morgan fingerprint density at radius 3 is 2.13 bits per heavy atom. The van der Waals surface area contributed by atoms with E-state index in [4.69, 9.17) is 15.2 Å². The van der Waals surface area contributed by atoms with Crippen molar-refractivity contribution in [3.8, 4) is 0 Å². The molecule has 0 aliphatic carbocycles. The van der Waals surface area contributed by atoms with Crippen molar-refractivity contribution in [3.05, 3.63) is 34.9 Å². The van der Waals surface area contributed by atoms with Crippen LogP contribution in [0.5, 0.6) is 0 Å². The van der Waals surface area contributed by atoms with Crippen molar-refractivity contribution in [1.82, 2.24) is 0 Å². The van der Waals surface area contributed by atoms with Gasteiger partial charge in [0.05, 0.1) is 19.2 Å². The second kappa shape index (κ2) is 16.2. The summed E-state index contributed by atoms with van der Waals surface area (Å²) >= 11 is 0. The summed E-state index contributed by atoms with van der Waals surface area (Å²) in [7, 11) is -5.36. The van der Waals surface area contributed by atoms with E-state index in [-0.39, 0.29) is 6.61 Å². The van der Waals surface area contributed by atoms with Gasteiger partial charge in [-0.2, -0.15) is 0 Å². The van der Waals surface area contributed by atoms with E-state index in [2.05, 4.69) is 42.0 Å². The van der Waals surface area contributed by atoms with Crippen molar-refractivity contribution >= 4 is 19.7 Å².